The van der Waals surface area contributed by atoms with Gasteiger partial charge >= 0.3 is 0 Å². The average Bonchev–Trinajstić information content (AvgIpc) is 2.81. The quantitative estimate of drug-likeness (QED) is 0.352. The van der Waals surface area contributed by atoms with Crippen LogP contribution in [0.5, 0.6) is 11.5 Å². The van der Waals surface area contributed by atoms with E-state index >= 15 is 0 Å². The SMILES string of the molecule is O=S(=O)(c1ccccc1)N(Cc1ccccc1)Cc1cccc(Oc2ccccc2)c1. The predicted octanol–water partition coefficient (Wildman–Crippen LogP) is 5.87. The summed E-state index contributed by atoms with van der Waals surface area (Å²) in [6.45, 7) is 0.514. The molecule has 4 nitrogen and oxygen atoms in total. The molecule has 0 aliphatic rings. The largest absolute Gasteiger partial charge is 0.457 e. The van der Waals surface area contributed by atoms with Crippen LogP contribution in [0.4, 0.5) is 0 Å². The maximum Gasteiger partial charge on any atom is 0.243 e. The third-order valence-corrected chi connectivity index (χ3v) is 6.62. The van der Waals surface area contributed by atoms with Gasteiger partial charge in [0.2, 0.25) is 10.0 Å². The topological polar surface area (TPSA) is 46.6 Å². The molecule has 4 aromatic carbocycles. The van der Waals surface area contributed by atoms with E-state index in [0.29, 0.717) is 5.75 Å². The number of benzene rings is 4. The fourth-order valence-corrected chi connectivity index (χ4v) is 4.73. The molecule has 156 valence electrons. The first-order chi connectivity index (χ1) is 15.1. The van der Waals surface area contributed by atoms with Crippen molar-refractivity contribution in [2.45, 2.75) is 18.0 Å². The van der Waals surface area contributed by atoms with Gasteiger partial charge in [0.15, 0.2) is 0 Å². The zero-order chi connectivity index (χ0) is 21.5. The molecule has 4 aromatic rings. The minimum Gasteiger partial charge on any atom is -0.457 e. The number of rotatable bonds is 8. The number of hydrogen-bond donors (Lipinski definition) is 0. The minimum atomic E-state index is -3.68. The molecular weight excluding hydrogens is 406 g/mol. The Morgan fingerprint density at radius 3 is 1.77 bits per heavy atom. The van der Waals surface area contributed by atoms with E-state index in [1.54, 1.807) is 24.3 Å². The maximum absolute atomic E-state index is 13.4. The maximum atomic E-state index is 13.4. The van der Waals surface area contributed by atoms with Crippen molar-refractivity contribution in [3.05, 3.63) is 126 Å². The van der Waals surface area contributed by atoms with Crippen molar-refractivity contribution < 1.29 is 13.2 Å². The Balaban J connectivity index is 1.62. The molecule has 0 N–H and O–H groups in total. The minimum absolute atomic E-state index is 0.234. The molecule has 0 aliphatic heterocycles. The fourth-order valence-electron chi connectivity index (χ4n) is 3.29. The second-order valence-corrected chi connectivity index (χ2v) is 9.07. The van der Waals surface area contributed by atoms with Gasteiger partial charge in [-0.3, -0.25) is 0 Å². The molecule has 0 heterocycles. The van der Waals surface area contributed by atoms with Crippen molar-refractivity contribution in [3.63, 3.8) is 0 Å². The van der Waals surface area contributed by atoms with E-state index in [4.69, 9.17) is 4.74 Å². The molecule has 0 aliphatic carbocycles. The zero-order valence-corrected chi connectivity index (χ0v) is 17.8. The van der Waals surface area contributed by atoms with Gasteiger partial charge in [-0.05, 0) is 47.5 Å². The molecule has 5 heteroatoms. The zero-order valence-electron chi connectivity index (χ0n) is 17.0. The third-order valence-electron chi connectivity index (χ3n) is 4.82. The molecular formula is C26H23NO3S. The van der Waals surface area contributed by atoms with Crippen LogP contribution in [-0.4, -0.2) is 12.7 Å². The van der Waals surface area contributed by atoms with E-state index < -0.39 is 10.0 Å². The van der Waals surface area contributed by atoms with E-state index in [1.807, 2.05) is 91.0 Å². The highest BCUT2D eigenvalue weighted by molar-refractivity contribution is 7.89. The molecule has 4 rings (SSSR count). The number of sulfonamides is 1. The van der Waals surface area contributed by atoms with Crippen LogP contribution in [0.25, 0.3) is 0 Å². The fraction of sp³-hybridized carbons (Fsp3) is 0.0769. The number of para-hydroxylation sites is 1. The summed E-state index contributed by atoms with van der Waals surface area (Å²) in [5, 5.41) is 0. The molecule has 0 spiro atoms. The molecule has 0 atom stereocenters. The standard InChI is InChI=1S/C26H23NO3S/c28-31(29,26-17-8-3-9-18-26)27(20-22-11-4-1-5-12-22)21-23-13-10-16-25(19-23)30-24-14-6-2-7-15-24/h1-19H,20-21H2. The summed E-state index contributed by atoms with van der Waals surface area (Å²) in [5.41, 5.74) is 1.78. The molecule has 0 amide bonds. The second kappa shape index (κ2) is 9.60. The Kier molecular flexibility index (Phi) is 6.46. The predicted molar refractivity (Wildman–Crippen MR) is 122 cm³/mol. The first-order valence-corrected chi connectivity index (χ1v) is 11.5. The lowest BCUT2D eigenvalue weighted by Gasteiger charge is -2.23. The van der Waals surface area contributed by atoms with Crippen LogP contribution >= 0.6 is 0 Å². The van der Waals surface area contributed by atoms with Gasteiger partial charge < -0.3 is 4.74 Å². The van der Waals surface area contributed by atoms with Gasteiger partial charge in [-0.2, -0.15) is 4.31 Å². The van der Waals surface area contributed by atoms with Crippen molar-refractivity contribution in [3.8, 4) is 11.5 Å². The van der Waals surface area contributed by atoms with Crippen LogP contribution in [-0.2, 0) is 23.1 Å². The van der Waals surface area contributed by atoms with Gasteiger partial charge in [-0.25, -0.2) is 8.42 Å². The molecule has 0 unspecified atom stereocenters. The van der Waals surface area contributed by atoms with E-state index in [-0.39, 0.29) is 18.0 Å². The van der Waals surface area contributed by atoms with Gasteiger partial charge in [0.25, 0.3) is 0 Å². The number of hydrogen-bond acceptors (Lipinski definition) is 3. The van der Waals surface area contributed by atoms with Crippen molar-refractivity contribution in [2.75, 3.05) is 0 Å². The van der Waals surface area contributed by atoms with Crippen molar-refractivity contribution >= 4 is 10.0 Å². The highest BCUT2D eigenvalue weighted by Crippen LogP contribution is 2.25. The molecule has 31 heavy (non-hydrogen) atoms. The first-order valence-electron chi connectivity index (χ1n) is 10.0. The van der Waals surface area contributed by atoms with Crippen molar-refractivity contribution in [2.24, 2.45) is 0 Å². The van der Waals surface area contributed by atoms with Crippen LogP contribution in [0.15, 0.2) is 120 Å². The summed E-state index contributed by atoms with van der Waals surface area (Å²) in [5.74, 6) is 1.40. The average molecular weight is 430 g/mol. The molecule has 0 saturated heterocycles. The van der Waals surface area contributed by atoms with E-state index in [1.165, 1.54) is 4.31 Å². The van der Waals surface area contributed by atoms with Crippen LogP contribution in [0.3, 0.4) is 0 Å². The third kappa shape index (κ3) is 5.40. The van der Waals surface area contributed by atoms with Crippen LogP contribution in [0.1, 0.15) is 11.1 Å². The van der Waals surface area contributed by atoms with Gasteiger partial charge in [0.05, 0.1) is 4.90 Å². The Morgan fingerprint density at radius 2 is 1.10 bits per heavy atom. The van der Waals surface area contributed by atoms with E-state index in [0.717, 1.165) is 16.9 Å². The highest BCUT2D eigenvalue weighted by atomic mass is 32.2. The second-order valence-electron chi connectivity index (χ2n) is 7.13. The molecule has 0 bridgehead atoms. The Bertz CT molecular complexity index is 1210. The summed E-state index contributed by atoms with van der Waals surface area (Å²) < 4.78 is 34.2. The normalized spacial score (nSPS) is 11.4. The van der Waals surface area contributed by atoms with Crippen LogP contribution < -0.4 is 4.74 Å². The van der Waals surface area contributed by atoms with Crippen molar-refractivity contribution in [1.29, 1.82) is 0 Å². The summed E-state index contributed by atoms with van der Waals surface area (Å²) in [6.07, 6.45) is 0. The lowest BCUT2D eigenvalue weighted by atomic mass is 10.2. The van der Waals surface area contributed by atoms with E-state index in [2.05, 4.69) is 0 Å². The summed E-state index contributed by atoms with van der Waals surface area (Å²) in [7, 11) is -3.68. The summed E-state index contributed by atoms with van der Waals surface area (Å²) in [4.78, 5) is 0.280. The summed E-state index contributed by atoms with van der Waals surface area (Å²) in [6, 6.07) is 35.2. The molecule has 0 fully saturated rings. The first kappa shape index (κ1) is 20.8. The number of nitrogens with zero attached hydrogens (tertiary/aromatic N) is 1. The molecule has 0 aromatic heterocycles. The lowest BCUT2D eigenvalue weighted by Crippen LogP contribution is -2.30. The Hall–Kier alpha value is -3.41. The van der Waals surface area contributed by atoms with Gasteiger partial charge in [-0.15, -0.1) is 0 Å². The Morgan fingerprint density at radius 1 is 0.581 bits per heavy atom. The van der Waals surface area contributed by atoms with Gasteiger partial charge in [0.1, 0.15) is 11.5 Å². The Labute approximate surface area is 183 Å². The molecule has 0 radical (unpaired) electrons. The molecule has 0 saturated carbocycles. The van der Waals surface area contributed by atoms with E-state index in [9.17, 15) is 8.42 Å². The van der Waals surface area contributed by atoms with Crippen molar-refractivity contribution in [1.82, 2.24) is 4.31 Å². The van der Waals surface area contributed by atoms with Gasteiger partial charge in [-0.1, -0.05) is 78.9 Å². The van der Waals surface area contributed by atoms with Crippen LogP contribution in [0.2, 0.25) is 0 Å². The highest BCUT2D eigenvalue weighted by Gasteiger charge is 2.25. The monoisotopic (exact) mass is 429 g/mol. The lowest BCUT2D eigenvalue weighted by molar-refractivity contribution is 0.400. The summed E-state index contributed by atoms with van der Waals surface area (Å²) >= 11 is 0. The smallest absolute Gasteiger partial charge is 0.243 e. The van der Waals surface area contributed by atoms with Crippen LogP contribution in [0, 0.1) is 0 Å². The van der Waals surface area contributed by atoms with Gasteiger partial charge in [0, 0.05) is 13.1 Å². The number of ether oxygens (including phenoxy) is 1.